The minimum atomic E-state index is -0.120. The lowest BCUT2D eigenvalue weighted by atomic mass is 9.87. The Kier molecular flexibility index (Phi) is 2.87. The van der Waals surface area contributed by atoms with Gasteiger partial charge in [-0.1, -0.05) is 0 Å². The molecule has 0 unspecified atom stereocenters. The Labute approximate surface area is 122 Å². The maximum Gasteiger partial charge on any atom is 0.231 e. The van der Waals surface area contributed by atoms with E-state index >= 15 is 0 Å². The van der Waals surface area contributed by atoms with E-state index in [9.17, 15) is 9.59 Å². The van der Waals surface area contributed by atoms with Crippen LogP contribution in [0.5, 0.6) is 11.5 Å². The van der Waals surface area contributed by atoms with Gasteiger partial charge in [-0.15, -0.1) is 0 Å². The average Bonchev–Trinajstić information content (AvgIpc) is 2.85. The first-order valence-corrected chi connectivity index (χ1v) is 7.45. The summed E-state index contributed by atoms with van der Waals surface area (Å²) >= 11 is 0. The number of benzene rings is 1. The molecular weight excluding hydrogens is 270 g/mol. The Balaban J connectivity index is 1.84. The lowest BCUT2D eigenvalue weighted by Crippen LogP contribution is -2.30. The fraction of sp³-hybridized carbons (Fsp3) is 0.500. The Morgan fingerprint density at radius 1 is 1.10 bits per heavy atom. The summed E-state index contributed by atoms with van der Waals surface area (Å²) in [6, 6.07) is 3.88. The molecule has 110 valence electrons. The summed E-state index contributed by atoms with van der Waals surface area (Å²) in [6.45, 7) is 1.43. The summed E-state index contributed by atoms with van der Waals surface area (Å²) in [4.78, 5) is 26.6. The van der Waals surface area contributed by atoms with Crippen molar-refractivity contribution in [2.45, 2.75) is 38.1 Å². The van der Waals surface area contributed by atoms with Gasteiger partial charge >= 0.3 is 0 Å². The molecule has 3 aliphatic rings. The van der Waals surface area contributed by atoms with Gasteiger partial charge in [-0.3, -0.25) is 9.59 Å². The van der Waals surface area contributed by atoms with Crippen molar-refractivity contribution in [2.24, 2.45) is 0 Å². The van der Waals surface area contributed by atoms with Gasteiger partial charge in [0.1, 0.15) is 5.78 Å². The molecule has 1 saturated heterocycles. The van der Waals surface area contributed by atoms with Crippen molar-refractivity contribution in [1.82, 2.24) is 4.90 Å². The highest BCUT2D eigenvalue weighted by molar-refractivity contribution is 5.88. The largest absolute Gasteiger partial charge is 0.454 e. The third-order valence-corrected chi connectivity index (χ3v) is 4.61. The summed E-state index contributed by atoms with van der Waals surface area (Å²) in [7, 11) is 0. The van der Waals surface area contributed by atoms with Crippen LogP contribution >= 0.6 is 0 Å². The van der Waals surface area contributed by atoms with Crippen molar-refractivity contribution in [1.29, 1.82) is 0 Å². The van der Waals surface area contributed by atoms with Crippen LogP contribution in [0.2, 0.25) is 0 Å². The van der Waals surface area contributed by atoms with Crippen LogP contribution in [-0.2, 0) is 16.1 Å². The topological polar surface area (TPSA) is 55.8 Å². The van der Waals surface area contributed by atoms with Crippen molar-refractivity contribution < 1.29 is 19.1 Å². The predicted octanol–water partition coefficient (Wildman–Crippen LogP) is 1.98. The first kappa shape index (κ1) is 12.7. The van der Waals surface area contributed by atoms with Gasteiger partial charge in [-0.25, -0.2) is 0 Å². The van der Waals surface area contributed by atoms with Crippen molar-refractivity contribution in [3.8, 4) is 11.5 Å². The molecule has 0 aromatic heterocycles. The van der Waals surface area contributed by atoms with E-state index in [0.29, 0.717) is 50.3 Å². The molecule has 5 nitrogen and oxygen atoms in total. The number of nitrogens with zero attached hydrogens (tertiary/aromatic N) is 1. The maximum atomic E-state index is 12.5. The van der Waals surface area contributed by atoms with Crippen LogP contribution in [0.4, 0.5) is 0 Å². The van der Waals surface area contributed by atoms with E-state index in [4.69, 9.17) is 9.47 Å². The monoisotopic (exact) mass is 287 g/mol. The number of hydrogen-bond donors (Lipinski definition) is 0. The fourth-order valence-electron chi connectivity index (χ4n) is 3.48. The van der Waals surface area contributed by atoms with Crippen LogP contribution in [0.3, 0.4) is 0 Å². The van der Waals surface area contributed by atoms with Gasteiger partial charge in [0.15, 0.2) is 11.5 Å². The summed E-state index contributed by atoms with van der Waals surface area (Å²) in [6.07, 6.45) is 2.32. The number of rotatable bonds is 0. The first-order valence-electron chi connectivity index (χ1n) is 7.45. The van der Waals surface area contributed by atoms with Crippen LogP contribution in [0.15, 0.2) is 12.1 Å². The summed E-state index contributed by atoms with van der Waals surface area (Å²) in [5.41, 5.74) is 2.03. The van der Waals surface area contributed by atoms with E-state index in [0.717, 1.165) is 11.1 Å². The molecule has 5 heteroatoms. The number of carbonyl (C=O) groups is 2. The van der Waals surface area contributed by atoms with E-state index in [2.05, 4.69) is 0 Å². The molecule has 3 heterocycles. The highest BCUT2D eigenvalue weighted by atomic mass is 16.7. The third kappa shape index (κ3) is 2.07. The first-order chi connectivity index (χ1) is 10.2. The minimum Gasteiger partial charge on any atom is -0.454 e. The Hall–Kier alpha value is -2.04. The fourth-order valence-corrected chi connectivity index (χ4v) is 3.48. The van der Waals surface area contributed by atoms with Gasteiger partial charge < -0.3 is 14.4 Å². The zero-order valence-electron chi connectivity index (χ0n) is 11.8. The van der Waals surface area contributed by atoms with Crippen molar-refractivity contribution in [2.75, 3.05) is 13.3 Å². The maximum absolute atomic E-state index is 12.5. The normalized spacial score (nSPS) is 24.2. The molecule has 1 amide bonds. The van der Waals surface area contributed by atoms with Crippen LogP contribution in [-0.4, -0.2) is 29.9 Å². The number of hydrogen-bond acceptors (Lipinski definition) is 4. The number of Topliss-reactive ketones (excluding diaryl/α,β-unsaturated/α-hetero) is 1. The van der Waals surface area contributed by atoms with Gasteiger partial charge in [0.2, 0.25) is 12.7 Å². The Morgan fingerprint density at radius 3 is 2.76 bits per heavy atom. The number of ether oxygens (including phenoxy) is 2. The molecule has 1 fully saturated rings. The molecule has 0 radical (unpaired) electrons. The van der Waals surface area contributed by atoms with Crippen molar-refractivity contribution in [3.05, 3.63) is 23.3 Å². The van der Waals surface area contributed by atoms with Crippen LogP contribution in [0.25, 0.3) is 0 Å². The lowest BCUT2D eigenvalue weighted by molar-refractivity contribution is -0.131. The van der Waals surface area contributed by atoms with Gasteiger partial charge in [0.05, 0.1) is 0 Å². The summed E-state index contributed by atoms with van der Waals surface area (Å²) < 4.78 is 10.9. The summed E-state index contributed by atoms with van der Waals surface area (Å²) in [5, 5.41) is 0. The lowest BCUT2D eigenvalue weighted by Gasteiger charge is -2.21. The van der Waals surface area contributed by atoms with Gasteiger partial charge in [0.25, 0.3) is 0 Å². The standard InChI is InChI=1S/C16H17NO4/c18-13-2-1-3-16(19)17-5-4-11(13)12-7-15-14(20-9-21-15)6-10(12)8-17/h6-7,11H,1-5,8-9H2/t11-/m1/s1. The van der Waals surface area contributed by atoms with E-state index in [1.807, 2.05) is 17.0 Å². The van der Waals surface area contributed by atoms with Crippen molar-refractivity contribution >= 4 is 11.7 Å². The molecule has 21 heavy (non-hydrogen) atoms. The second-order valence-electron chi connectivity index (χ2n) is 5.88. The number of amides is 1. The average molecular weight is 287 g/mol. The zero-order valence-corrected chi connectivity index (χ0v) is 11.8. The molecule has 1 aromatic carbocycles. The molecule has 0 aliphatic carbocycles. The second-order valence-corrected chi connectivity index (χ2v) is 5.88. The molecule has 0 spiro atoms. The molecule has 0 N–H and O–H groups in total. The van der Waals surface area contributed by atoms with E-state index in [-0.39, 0.29) is 24.4 Å². The van der Waals surface area contributed by atoms with Gasteiger partial charge in [-0.2, -0.15) is 0 Å². The third-order valence-electron chi connectivity index (χ3n) is 4.61. The molecule has 3 aliphatic heterocycles. The summed E-state index contributed by atoms with van der Waals surface area (Å²) in [5.74, 6) is 1.70. The van der Waals surface area contributed by atoms with Crippen LogP contribution in [0.1, 0.15) is 42.7 Å². The molecule has 1 aromatic rings. The van der Waals surface area contributed by atoms with Crippen LogP contribution in [0, 0.1) is 0 Å². The van der Waals surface area contributed by atoms with Crippen LogP contribution < -0.4 is 9.47 Å². The number of carbonyl (C=O) groups excluding carboxylic acids is 2. The second kappa shape index (κ2) is 4.76. The van der Waals surface area contributed by atoms with Crippen molar-refractivity contribution in [3.63, 3.8) is 0 Å². The predicted molar refractivity (Wildman–Crippen MR) is 74.2 cm³/mol. The van der Waals surface area contributed by atoms with Gasteiger partial charge in [0, 0.05) is 31.8 Å². The molecule has 0 saturated carbocycles. The van der Waals surface area contributed by atoms with Gasteiger partial charge in [-0.05, 0) is 36.1 Å². The van der Waals surface area contributed by atoms with E-state index in [1.54, 1.807) is 0 Å². The highest BCUT2D eigenvalue weighted by Crippen LogP contribution is 2.41. The smallest absolute Gasteiger partial charge is 0.231 e. The molecule has 1 atom stereocenters. The quantitative estimate of drug-likeness (QED) is 0.732. The highest BCUT2D eigenvalue weighted by Gasteiger charge is 2.32. The van der Waals surface area contributed by atoms with E-state index < -0.39 is 0 Å². The Bertz CT molecular complexity index is 625. The molecular formula is C16H17NO4. The number of fused-ring (bicyclic) bond motifs is 6. The zero-order chi connectivity index (χ0) is 14.4. The molecule has 4 rings (SSSR count). The SMILES string of the molecule is O=C1CCCC(=O)N2CC[C@@H]1c1cc3c(cc1C2)OCO3. The Morgan fingerprint density at radius 2 is 1.90 bits per heavy atom. The number of ketones is 1. The molecule has 2 bridgehead atoms. The minimum absolute atomic E-state index is 0.120. The van der Waals surface area contributed by atoms with E-state index in [1.165, 1.54) is 0 Å².